The molecular formula is C19H19N3O2S. The van der Waals surface area contributed by atoms with Crippen LogP contribution in [0.2, 0.25) is 0 Å². The summed E-state index contributed by atoms with van der Waals surface area (Å²) in [5, 5.41) is 8.41. The molecule has 3 heterocycles. The van der Waals surface area contributed by atoms with Crippen molar-refractivity contribution in [1.29, 1.82) is 0 Å². The van der Waals surface area contributed by atoms with Gasteiger partial charge in [0.2, 0.25) is 11.7 Å². The highest BCUT2D eigenvalue weighted by Crippen LogP contribution is 2.39. The van der Waals surface area contributed by atoms with E-state index in [1.54, 1.807) is 11.3 Å². The maximum atomic E-state index is 6.04. The average molecular weight is 353 g/mol. The summed E-state index contributed by atoms with van der Waals surface area (Å²) in [5.41, 5.74) is 2.36. The Morgan fingerprint density at radius 3 is 2.72 bits per heavy atom. The number of nitrogens with zero attached hydrogens (tertiary/aromatic N) is 3. The summed E-state index contributed by atoms with van der Waals surface area (Å²) < 4.78 is 11.4. The molecule has 3 aromatic rings. The molecule has 2 aromatic heterocycles. The lowest BCUT2D eigenvalue weighted by molar-refractivity contribution is 0.0146. The zero-order valence-corrected chi connectivity index (χ0v) is 14.6. The molecule has 0 bridgehead atoms. The molecule has 0 unspecified atom stereocenters. The first-order valence-electron chi connectivity index (χ1n) is 8.67. The summed E-state index contributed by atoms with van der Waals surface area (Å²) >= 11 is 1.75. The van der Waals surface area contributed by atoms with Crippen molar-refractivity contribution in [3.63, 3.8) is 0 Å². The molecular weight excluding hydrogens is 334 g/mol. The van der Waals surface area contributed by atoms with Gasteiger partial charge in [0.1, 0.15) is 11.9 Å². The highest BCUT2D eigenvalue weighted by atomic mass is 32.1. The number of hydrogen-bond acceptors (Lipinski definition) is 6. The Labute approximate surface area is 150 Å². The topological polar surface area (TPSA) is 51.4 Å². The zero-order chi connectivity index (χ0) is 16.6. The number of ether oxygens (including phenoxy) is 1. The van der Waals surface area contributed by atoms with Gasteiger partial charge in [0, 0.05) is 31.1 Å². The average Bonchev–Trinajstić information content (AvgIpc) is 3.11. The van der Waals surface area contributed by atoms with Crippen LogP contribution in [-0.4, -0.2) is 34.2 Å². The lowest BCUT2D eigenvalue weighted by Crippen LogP contribution is -2.52. The number of rotatable bonds is 6. The molecule has 1 saturated heterocycles. The lowest BCUT2D eigenvalue weighted by atomic mass is 10.1. The molecule has 2 aliphatic rings. The van der Waals surface area contributed by atoms with Gasteiger partial charge in [-0.3, -0.25) is 4.90 Å². The van der Waals surface area contributed by atoms with Crippen LogP contribution in [0.4, 0.5) is 0 Å². The van der Waals surface area contributed by atoms with Crippen LogP contribution in [-0.2, 0) is 6.54 Å². The predicted molar refractivity (Wildman–Crippen MR) is 95.7 cm³/mol. The molecule has 0 spiro atoms. The van der Waals surface area contributed by atoms with E-state index in [1.807, 2.05) is 24.3 Å². The molecule has 0 N–H and O–H groups in total. The first kappa shape index (κ1) is 15.1. The van der Waals surface area contributed by atoms with Crippen LogP contribution < -0.4 is 4.74 Å². The minimum Gasteiger partial charge on any atom is -0.488 e. The molecule has 6 heteroatoms. The fourth-order valence-corrected chi connectivity index (χ4v) is 3.75. The molecule has 1 saturated carbocycles. The molecule has 5 rings (SSSR count). The van der Waals surface area contributed by atoms with Gasteiger partial charge in [-0.1, -0.05) is 5.16 Å². The number of thiophene rings is 1. The van der Waals surface area contributed by atoms with Crippen LogP contribution >= 0.6 is 11.3 Å². The van der Waals surface area contributed by atoms with Crippen LogP contribution in [0.3, 0.4) is 0 Å². The zero-order valence-electron chi connectivity index (χ0n) is 13.8. The van der Waals surface area contributed by atoms with Gasteiger partial charge in [0.05, 0.1) is 0 Å². The second-order valence-electron chi connectivity index (χ2n) is 6.82. The minimum absolute atomic E-state index is 0.274. The number of benzene rings is 1. The van der Waals surface area contributed by atoms with E-state index in [4.69, 9.17) is 9.26 Å². The summed E-state index contributed by atoms with van der Waals surface area (Å²) in [7, 11) is 0. The summed E-state index contributed by atoms with van der Waals surface area (Å²) in [6.45, 7) is 2.98. The Bertz CT molecular complexity index is 834. The second-order valence-corrected chi connectivity index (χ2v) is 7.60. The van der Waals surface area contributed by atoms with E-state index >= 15 is 0 Å². The van der Waals surface area contributed by atoms with Crippen molar-refractivity contribution in [2.75, 3.05) is 13.1 Å². The third kappa shape index (κ3) is 3.32. The maximum absolute atomic E-state index is 6.04. The van der Waals surface area contributed by atoms with Gasteiger partial charge >= 0.3 is 0 Å². The standard InChI is InChI=1S/C19H19N3O2S/c1-2-15(1)19-20-18(21-24-19)14-3-5-16(6-4-14)23-17-10-22(11-17)9-13-7-8-25-12-13/h3-8,12,15,17H,1-2,9-11H2. The lowest BCUT2D eigenvalue weighted by Gasteiger charge is -2.38. The van der Waals surface area contributed by atoms with Crippen molar-refractivity contribution in [2.45, 2.75) is 31.4 Å². The largest absolute Gasteiger partial charge is 0.488 e. The maximum Gasteiger partial charge on any atom is 0.230 e. The fourth-order valence-electron chi connectivity index (χ4n) is 3.09. The van der Waals surface area contributed by atoms with E-state index in [9.17, 15) is 0 Å². The van der Waals surface area contributed by atoms with E-state index in [1.165, 1.54) is 18.4 Å². The van der Waals surface area contributed by atoms with Crippen LogP contribution in [0.25, 0.3) is 11.4 Å². The molecule has 1 aliphatic heterocycles. The van der Waals surface area contributed by atoms with E-state index in [2.05, 4.69) is 31.9 Å². The molecule has 0 atom stereocenters. The summed E-state index contributed by atoms with van der Waals surface area (Å²) in [6.07, 6.45) is 2.61. The van der Waals surface area contributed by atoms with Crippen LogP contribution in [0.15, 0.2) is 45.6 Å². The Morgan fingerprint density at radius 2 is 2.00 bits per heavy atom. The van der Waals surface area contributed by atoms with Gasteiger partial charge in [-0.2, -0.15) is 16.3 Å². The van der Waals surface area contributed by atoms with E-state index in [0.29, 0.717) is 11.7 Å². The molecule has 1 aliphatic carbocycles. The molecule has 1 aromatic carbocycles. The van der Waals surface area contributed by atoms with Gasteiger partial charge in [0.15, 0.2) is 0 Å². The highest BCUT2D eigenvalue weighted by molar-refractivity contribution is 7.07. The van der Waals surface area contributed by atoms with Crippen molar-refractivity contribution in [3.8, 4) is 17.1 Å². The van der Waals surface area contributed by atoms with Crippen molar-refractivity contribution >= 4 is 11.3 Å². The van der Waals surface area contributed by atoms with Crippen LogP contribution in [0.1, 0.15) is 30.2 Å². The SMILES string of the molecule is c1cc(CN2CC(Oc3ccc(-c4noc(C5CC5)n4)cc3)C2)cs1. The van der Waals surface area contributed by atoms with Crippen molar-refractivity contribution in [1.82, 2.24) is 15.0 Å². The third-order valence-corrected chi connectivity index (χ3v) is 5.43. The monoisotopic (exact) mass is 353 g/mol. The summed E-state index contributed by atoms with van der Waals surface area (Å²) in [5.74, 6) is 2.82. The van der Waals surface area contributed by atoms with Crippen molar-refractivity contribution < 1.29 is 9.26 Å². The van der Waals surface area contributed by atoms with Crippen LogP contribution in [0, 0.1) is 0 Å². The van der Waals surface area contributed by atoms with E-state index in [-0.39, 0.29) is 6.10 Å². The number of hydrogen-bond donors (Lipinski definition) is 0. The van der Waals surface area contributed by atoms with Crippen LogP contribution in [0.5, 0.6) is 5.75 Å². The van der Waals surface area contributed by atoms with E-state index in [0.717, 1.165) is 36.8 Å². The second kappa shape index (κ2) is 6.28. The highest BCUT2D eigenvalue weighted by Gasteiger charge is 2.30. The van der Waals surface area contributed by atoms with Gasteiger partial charge in [-0.15, -0.1) is 0 Å². The first-order chi connectivity index (χ1) is 12.3. The first-order valence-corrected chi connectivity index (χ1v) is 9.62. The summed E-state index contributed by atoms with van der Waals surface area (Å²) in [4.78, 5) is 6.88. The molecule has 5 nitrogen and oxygen atoms in total. The quantitative estimate of drug-likeness (QED) is 0.672. The number of aromatic nitrogens is 2. The third-order valence-electron chi connectivity index (χ3n) is 4.69. The Morgan fingerprint density at radius 1 is 1.16 bits per heavy atom. The van der Waals surface area contributed by atoms with E-state index < -0.39 is 0 Å². The van der Waals surface area contributed by atoms with Gasteiger partial charge in [-0.25, -0.2) is 0 Å². The molecule has 25 heavy (non-hydrogen) atoms. The molecule has 2 fully saturated rings. The normalized spacial score (nSPS) is 18.2. The smallest absolute Gasteiger partial charge is 0.230 e. The predicted octanol–water partition coefficient (Wildman–Crippen LogP) is 3.94. The molecule has 0 radical (unpaired) electrons. The van der Waals surface area contributed by atoms with Gasteiger partial charge < -0.3 is 9.26 Å². The Balaban J connectivity index is 1.16. The molecule has 128 valence electrons. The summed E-state index contributed by atoms with van der Waals surface area (Å²) in [6, 6.07) is 10.2. The Hall–Kier alpha value is -2.18. The Kier molecular flexibility index (Phi) is 3.79. The van der Waals surface area contributed by atoms with Gasteiger partial charge in [0.25, 0.3) is 0 Å². The minimum atomic E-state index is 0.274. The molecule has 0 amide bonds. The van der Waals surface area contributed by atoms with Crippen molar-refractivity contribution in [3.05, 3.63) is 52.5 Å². The number of likely N-dealkylation sites (tertiary alicyclic amines) is 1. The van der Waals surface area contributed by atoms with Gasteiger partial charge in [-0.05, 0) is 59.5 Å². The van der Waals surface area contributed by atoms with Crippen molar-refractivity contribution in [2.24, 2.45) is 0 Å². The fraction of sp³-hybridized carbons (Fsp3) is 0.368.